The molecule has 0 spiro atoms. The summed E-state index contributed by atoms with van der Waals surface area (Å²) in [6.07, 6.45) is 10.9. The van der Waals surface area contributed by atoms with E-state index in [1.165, 1.54) is 19.3 Å². The van der Waals surface area contributed by atoms with Crippen LogP contribution in [0.5, 0.6) is 0 Å². The van der Waals surface area contributed by atoms with Crippen molar-refractivity contribution in [2.24, 2.45) is 23.2 Å². The fourth-order valence-corrected chi connectivity index (χ4v) is 7.24. The molecule has 166 valence electrons. The highest BCUT2D eigenvalue weighted by Crippen LogP contribution is 2.60. The third kappa shape index (κ3) is 4.91. The van der Waals surface area contributed by atoms with Crippen molar-refractivity contribution in [2.45, 2.75) is 76.0 Å². The number of hydrogen-bond acceptors (Lipinski definition) is 4. The van der Waals surface area contributed by atoms with E-state index in [1.807, 2.05) is 6.92 Å². The number of unbranched alkanes of at least 4 members (excludes halogenated alkanes) is 3. The summed E-state index contributed by atoms with van der Waals surface area (Å²) in [6, 6.07) is 6.70. The zero-order valence-electron chi connectivity index (χ0n) is 18.1. The molecule has 0 aromatic heterocycles. The number of aryl methyl sites for hydroxylation is 1. The fraction of sp³-hybridized carbons (Fsp3) is 0.708. The van der Waals surface area contributed by atoms with Crippen LogP contribution in [0.1, 0.15) is 69.8 Å². The summed E-state index contributed by atoms with van der Waals surface area (Å²) in [5.74, 6) is 2.67. The summed E-state index contributed by atoms with van der Waals surface area (Å²) >= 11 is 0. The first-order valence-electron chi connectivity index (χ1n) is 11.6. The van der Waals surface area contributed by atoms with E-state index in [0.29, 0.717) is 12.3 Å². The fourth-order valence-electron chi connectivity index (χ4n) is 6.30. The predicted octanol–water partition coefficient (Wildman–Crippen LogP) is 4.59. The van der Waals surface area contributed by atoms with Gasteiger partial charge in [0, 0.05) is 12.0 Å². The van der Waals surface area contributed by atoms with E-state index in [4.69, 9.17) is 4.18 Å². The van der Waals surface area contributed by atoms with Crippen LogP contribution in [0.2, 0.25) is 0 Å². The molecule has 4 fully saturated rings. The van der Waals surface area contributed by atoms with Crippen LogP contribution in [-0.2, 0) is 19.1 Å². The monoisotopic (exact) mass is 433 g/mol. The Balaban J connectivity index is 1.10. The summed E-state index contributed by atoms with van der Waals surface area (Å²) < 4.78 is 29.4. The van der Waals surface area contributed by atoms with Crippen LogP contribution in [0.3, 0.4) is 0 Å². The van der Waals surface area contributed by atoms with Gasteiger partial charge in [0.05, 0.1) is 11.5 Å². The maximum absolute atomic E-state index is 12.9. The largest absolute Gasteiger partial charge is 0.356 e. The molecule has 1 aromatic rings. The molecular weight excluding hydrogens is 398 g/mol. The number of amides is 1. The van der Waals surface area contributed by atoms with E-state index in [1.54, 1.807) is 24.3 Å². The minimum atomic E-state index is -3.66. The highest BCUT2D eigenvalue weighted by molar-refractivity contribution is 7.86. The second-order valence-corrected chi connectivity index (χ2v) is 11.6. The average molecular weight is 434 g/mol. The number of nitrogens with one attached hydrogen (secondary N) is 1. The molecule has 4 bridgehead atoms. The van der Waals surface area contributed by atoms with E-state index in [2.05, 4.69) is 5.32 Å². The third-order valence-electron chi connectivity index (χ3n) is 7.42. The molecule has 1 amide bonds. The van der Waals surface area contributed by atoms with Crippen LogP contribution in [0.15, 0.2) is 29.2 Å². The topological polar surface area (TPSA) is 72.5 Å². The van der Waals surface area contributed by atoms with Gasteiger partial charge in [-0.1, -0.05) is 30.5 Å². The van der Waals surface area contributed by atoms with E-state index in [0.717, 1.165) is 68.4 Å². The molecule has 0 heterocycles. The summed E-state index contributed by atoms with van der Waals surface area (Å²) in [5, 5.41) is 3.21. The molecule has 0 aliphatic heterocycles. The molecule has 0 saturated heterocycles. The lowest BCUT2D eigenvalue weighted by molar-refractivity contribution is -0.146. The minimum Gasteiger partial charge on any atom is -0.356 e. The molecule has 0 radical (unpaired) electrons. The van der Waals surface area contributed by atoms with Crippen molar-refractivity contribution in [1.82, 2.24) is 5.32 Å². The number of benzene rings is 1. The van der Waals surface area contributed by atoms with Crippen LogP contribution < -0.4 is 5.32 Å². The van der Waals surface area contributed by atoms with Gasteiger partial charge in [0.15, 0.2) is 0 Å². The van der Waals surface area contributed by atoms with Crippen molar-refractivity contribution >= 4 is 16.0 Å². The van der Waals surface area contributed by atoms with Crippen molar-refractivity contribution in [3.05, 3.63) is 29.8 Å². The Morgan fingerprint density at radius 1 is 0.967 bits per heavy atom. The first-order valence-corrected chi connectivity index (χ1v) is 13.0. The first-order chi connectivity index (χ1) is 14.4. The van der Waals surface area contributed by atoms with Gasteiger partial charge in [-0.2, -0.15) is 8.42 Å². The number of carbonyl (C=O) groups excluding carboxylic acids is 1. The zero-order chi connectivity index (χ0) is 21.2. The van der Waals surface area contributed by atoms with Gasteiger partial charge < -0.3 is 5.32 Å². The molecular formula is C24H35NO4S. The smallest absolute Gasteiger partial charge is 0.296 e. The Kier molecular flexibility index (Phi) is 6.54. The predicted molar refractivity (Wildman–Crippen MR) is 116 cm³/mol. The van der Waals surface area contributed by atoms with Gasteiger partial charge in [-0.3, -0.25) is 8.98 Å². The molecule has 0 atom stereocenters. The Labute approximate surface area is 181 Å². The molecule has 30 heavy (non-hydrogen) atoms. The van der Waals surface area contributed by atoms with Crippen molar-refractivity contribution in [3.63, 3.8) is 0 Å². The minimum absolute atomic E-state index is 0.0626. The summed E-state index contributed by atoms with van der Waals surface area (Å²) in [4.78, 5) is 13.1. The molecule has 4 saturated carbocycles. The summed E-state index contributed by atoms with van der Waals surface area (Å²) in [6.45, 7) is 2.85. The van der Waals surface area contributed by atoms with E-state index in [9.17, 15) is 13.2 Å². The third-order valence-corrected chi connectivity index (χ3v) is 8.75. The van der Waals surface area contributed by atoms with E-state index < -0.39 is 10.1 Å². The van der Waals surface area contributed by atoms with Crippen molar-refractivity contribution < 1.29 is 17.4 Å². The van der Waals surface area contributed by atoms with Gasteiger partial charge in [0.2, 0.25) is 5.91 Å². The lowest BCUT2D eigenvalue weighted by Crippen LogP contribution is -2.53. The maximum Gasteiger partial charge on any atom is 0.296 e. The Morgan fingerprint density at radius 2 is 1.53 bits per heavy atom. The van der Waals surface area contributed by atoms with Gasteiger partial charge in [-0.05, 0) is 88.2 Å². The molecule has 5 nitrogen and oxygen atoms in total. The highest BCUT2D eigenvalue weighted by atomic mass is 32.2. The zero-order valence-corrected chi connectivity index (χ0v) is 18.9. The standard InChI is InChI=1S/C24H35NO4S/c1-18-6-8-22(9-7-18)30(27,28)29-11-5-3-2-4-10-25-23(26)24-15-19-12-20(16-24)14-21(13-19)17-24/h6-9,19-21H,2-5,10-17H2,1H3,(H,25,26). The Morgan fingerprint density at radius 3 is 2.13 bits per heavy atom. The van der Waals surface area contributed by atoms with Gasteiger partial charge in [0.1, 0.15) is 0 Å². The normalized spacial score (nSPS) is 29.8. The van der Waals surface area contributed by atoms with Gasteiger partial charge in [-0.25, -0.2) is 0 Å². The van der Waals surface area contributed by atoms with Gasteiger partial charge in [0.25, 0.3) is 10.1 Å². The molecule has 4 aliphatic rings. The van der Waals surface area contributed by atoms with E-state index >= 15 is 0 Å². The Bertz CT molecular complexity index is 811. The van der Waals surface area contributed by atoms with Crippen LogP contribution in [0.25, 0.3) is 0 Å². The molecule has 4 aliphatic carbocycles. The lowest BCUT2D eigenvalue weighted by atomic mass is 9.49. The average Bonchev–Trinajstić information content (AvgIpc) is 2.69. The maximum atomic E-state index is 12.9. The van der Waals surface area contributed by atoms with Gasteiger partial charge >= 0.3 is 0 Å². The second-order valence-electron chi connectivity index (χ2n) is 9.96. The Hall–Kier alpha value is -1.40. The quantitative estimate of drug-likeness (QED) is 0.433. The van der Waals surface area contributed by atoms with Crippen LogP contribution in [-0.4, -0.2) is 27.5 Å². The summed E-state index contributed by atoms with van der Waals surface area (Å²) in [5.41, 5.74) is 0.955. The second kappa shape index (κ2) is 8.99. The number of hydrogen-bond donors (Lipinski definition) is 1. The van der Waals surface area contributed by atoms with Crippen molar-refractivity contribution in [1.29, 1.82) is 0 Å². The number of carbonyl (C=O) groups is 1. The van der Waals surface area contributed by atoms with Crippen molar-refractivity contribution in [3.8, 4) is 0 Å². The number of rotatable bonds is 10. The molecule has 5 rings (SSSR count). The summed E-state index contributed by atoms with van der Waals surface area (Å²) in [7, 11) is -3.66. The van der Waals surface area contributed by atoms with Crippen LogP contribution >= 0.6 is 0 Å². The first kappa shape index (κ1) is 21.8. The molecule has 1 aromatic carbocycles. The van der Waals surface area contributed by atoms with Crippen molar-refractivity contribution in [2.75, 3.05) is 13.2 Å². The van der Waals surface area contributed by atoms with Crippen LogP contribution in [0, 0.1) is 30.1 Å². The molecule has 0 unspecified atom stereocenters. The van der Waals surface area contributed by atoms with Gasteiger partial charge in [-0.15, -0.1) is 0 Å². The molecule has 6 heteroatoms. The highest BCUT2D eigenvalue weighted by Gasteiger charge is 2.54. The SMILES string of the molecule is Cc1ccc(S(=O)(=O)OCCCCCCNC(=O)C23CC4CC(CC(C4)C2)C3)cc1. The van der Waals surface area contributed by atoms with Crippen LogP contribution in [0.4, 0.5) is 0 Å². The van der Waals surface area contributed by atoms with E-state index in [-0.39, 0.29) is 16.9 Å². The lowest BCUT2D eigenvalue weighted by Gasteiger charge is -2.55. The molecule has 1 N–H and O–H groups in total.